The van der Waals surface area contributed by atoms with Crippen LogP contribution in [0.1, 0.15) is 32.5 Å². The molecular weight excluding hydrogens is 400 g/mol. The summed E-state index contributed by atoms with van der Waals surface area (Å²) in [5.41, 5.74) is 2.80. The van der Waals surface area contributed by atoms with Gasteiger partial charge >= 0.3 is 0 Å². The minimum atomic E-state index is -0.376. The van der Waals surface area contributed by atoms with Crippen LogP contribution in [0.25, 0.3) is 0 Å². The van der Waals surface area contributed by atoms with Crippen molar-refractivity contribution in [2.45, 2.75) is 17.5 Å². The Morgan fingerprint density at radius 3 is 2.59 bits per heavy atom. The molecule has 2 heterocycles. The third-order valence-corrected chi connectivity index (χ3v) is 7.72. The van der Waals surface area contributed by atoms with Gasteiger partial charge in [0.25, 0.3) is 11.5 Å². The molecule has 29 heavy (non-hydrogen) atoms. The van der Waals surface area contributed by atoms with Crippen molar-refractivity contribution < 1.29 is 4.79 Å². The molecule has 3 aromatic rings. The van der Waals surface area contributed by atoms with Gasteiger partial charge in [-0.15, -0.1) is 23.5 Å². The first-order chi connectivity index (χ1) is 14.2. The average molecular weight is 423 g/mol. The van der Waals surface area contributed by atoms with Crippen molar-refractivity contribution in [3.63, 3.8) is 0 Å². The molecule has 1 fully saturated rings. The van der Waals surface area contributed by atoms with Crippen molar-refractivity contribution in [3.8, 4) is 0 Å². The summed E-state index contributed by atoms with van der Waals surface area (Å²) >= 11 is 3.88. The highest BCUT2D eigenvalue weighted by molar-refractivity contribution is 8.16. The molecule has 0 bridgehead atoms. The number of nitrogens with one attached hydrogen (secondary N) is 1. The third kappa shape index (κ3) is 4.95. The Hall–Kier alpha value is -2.44. The zero-order chi connectivity index (χ0) is 20.1. The molecule has 0 saturated carbocycles. The minimum Gasteiger partial charge on any atom is -0.322 e. The Kier molecular flexibility index (Phi) is 6.42. The number of benzene rings is 2. The van der Waals surface area contributed by atoms with E-state index in [2.05, 4.69) is 11.4 Å². The maximum absolute atomic E-state index is 12.8. The van der Waals surface area contributed by atoms with Crippen molar-refractivity contribution in [1.29, 1.82) is 0 Å². The van der Waals surface area contributed by atoms with Gasteiger partial charge in [-0.1, -0.05) is 42.5 Å². The van der Waals surface area contributed by atoms with Crippen LogP contribution in [0, 0.1) is 0 Å². The van der Waals surface area contributed by atoms with Crippen LogP contribution in [0.2, 0.25) is 0 Å². The van der Waals surface area contributed by atoms with Crippen molar-refractivity contribution in [2.75, 3.05) is 16.8 Å². The number of anilines is 1. The number of aromatic nitrogens is 1. The second-order valence-electron chi connectivity index (χ2n) is 6.85. The van der Waals surface area contributed by atoms with Gasteiger partial charge in [-0.05, 0) is 53.3 Å². The number of carbonyl (C=O) groups excluding carboxylic acids is 1. The Balaban J connectivity index is 1.51. The van der Waals surface area contributed by atoms with E-state index in [1.165, 1.54) is 23.5 Å². The molecule has 4 rings (SSSR count). The molecule has 4 nitrogen and oxygen atoms in total. The topological polar surface area (TPSA) is 51.1 Å². The Bertz CT molecular complexity index is 1040. The molecule has 1 aliphatic heterocycles. The average Bonchev–Trinajstić information content (AvgIpc) is 2.77. The number of carbonyl (C=O) groups is 1. The van der Waals surface area contributed by atoms with E-state index in [1.54, 1.807) is 22.9 Å². The molecule has 0 unspecified atom stereocenters. The predicted octanol–water partition coefficient (Wildman–Crippen LogP) is 5.02. The highest BCUT2D eigenvalue weighted by Gasteiger charge is 2.18. The summed E-state index contributed by atoms with van der Waals surface area (Å²) in [7, 11) is 0. The van der Waals surface area contributed by atoms with Crippen LogP contribution in [0.5, 0.6) is 0 Å². The van der Waals surface area contributed by atoms with E-state index >= 15 is 0 Å². The summed E-state index contributed by atoms with van der Waals surface area (Å²) in [6.07, 6.45) is 2.95. The summed E-state index contributed by atoms with van der Waals surface area (Å²) < 4.78 is 1.97. The number of pyridine rings is 1. The van der Waals surface area contributed by atoms with E-state index in [0.717, 1.165) is 11.3 Å². The van der Waals surface area contributed by atoms with E-state index in [4.69, 9.17) is 0 Å². The van der Waals surface area contributed by atoms with E-state index in [1.807, 2.05) is 72.1 Å². The van der Waals surface area contributed by atoms with Crippen LogP contribution < -0.4 is 10.9 Å². The summed E-state index contributed by atoms with van der Waals surface area (Å²) in [6, 6.07) is 21.0. The zero-order valence-corrected chi connectivity index (χ0v) is 17.5. The number of rotatable bonds is 5. The molecule has 2 aromatic carbocycles. The van der Waals surface area contributed by atoms with Crippen LogP contribution in [0.15, 0.2) is 77.7 Å². The SMILES string of the molecule is O=C(Nc1cccc(C2SCCCS2)c1)c1cccn(Cc2ccccc2)c1=O. The highest BCUT2D eigenvalue weighted by atomic mass is 32.2. The molecule has 0 aliphatic carbocycles. The van der Waals surface area contributed by atoms with E-state index in [-0.39, 0.29) is 17.0 Å². The third-order valence-electron chi connectivity index (χ3n) is 4.70. The second-order valence-corrected chi connectivity index (χ2v) is 9.57. The van der Waals surface area contributed by atoms with Crippen molar-refractivity contribution in [2.24, 2.45) is 0 Å². The lowest BCUT2D eigenvalue weighted by molar-refractivity contribution is 0.102. The maximum Gasteiger partial charge on any atom is 0.263 e. The smallest absolute Gasteiger partial charge is 0.263 e. The first kappa shape index (κ1) is 19.9. The minimum absolute atomic E-state index is 0.148. The molecular formula is C23H22N2O2S2. The Morgan fingerprint density at radius 2 is 1.79 bits per heavy atom. The fourth-order valence-electron chi connectivity index (χ4n) is 3.26. The molecule has 0 radical (unpaired) electrons. The van der Waals surface area contributed by atoms with Gasteiger partial charge in [0.15, 0.2) is 0 Å². The summed E-state index contributed by atoms with van der Waals surface area (Å²) in [4.78, 5) is 25.6. The molecule has 1 aromatic heterocycles. The van der Waals surface area contributed by atoms with Crippen LogP contribution in [0.4, 0.5) is 5.69 Å². The number of thioether (sulfide) groups is 2. The van der Waals surface area contributed by atoms with Crippen molar-refractivity contribution >= 4 is 35.1 Å². The summed E-state index contributed by atoms with van der Waals surface area (Å²) in [5, 5.41) is 2.90. The van der Waals surface area contributed by atoms with Crippen LogP contribution >= 0.6 is 23.5 Å². The molecule has 6 heteroatoms. The van der Waals surface area contributed by atoms with Gasteiger partial charge in [0.1, 0.15) is 5.56 Å². The van der Waals surface area contributed by atoms with Gasteiger partial charge in [-0.2, -0.15) is 0 Å². The monoisotopic (exact) mass is 422 g/mol. The molecule has 0 spiro atoms. The van der Waals surface area contributed by atoms with Crippen molar-refractivity contribution in [1.82, 2.24) is 4.57 Å². The molecule has 148 valence electrons. The fraction of sp³-hybridized carbons (Fsp3) is 0.217. The highest BCUT2D eigenvalue weighted by Crippen LogP contribution is 2.44. The fourth-order valence-corrected chi connectivity index (χ4v) is 6.13. The largest absolute Gasteiger partial charge is 0.322 e. The first-order valence-corrected chi connectivity index (χ1v) is 11.7. The standard InChI is InChI=1S/C23H22N2O2S2/c26-21(24-19-10-4-9-18(15-19)23-28-13-6-14-29-23)20-11-5-12-25(22(20)27)16-17-7-2-1-3-8-17/h1-5,7-12,15,23H,6,13-14,16H2,(H,24,26). The summed E-state index contributed by atoms with van der Waals surface area (Å²) in [6.45, 7) is 0.437. The number of hydrogen-bond acceptors (Lipinski definition) is 4. The van der Waals surface area contributed by atoms with Crippen molar-refractivity contribution in [3.05, 3.63) is 100.0 Å². The molecule has 1 aliphatic rings. The van der Waals surface area contributed by atoms with E-state index in [0.29, 0.717) is 11.1 Å². The maximum atomic E-state index is 12.8. The van der Waals surface area contributed by atoms with Crippen LogP contribution in [0.3, 0.4) is 0 Å². The molecule has 1 N–H and O–H groups in total. The lowest BCUT2D eigenvalue weighted by atomic mass is 10.2. The second kappa shape index (κ2) is 9.37. The van der Waals surface area contributed by atoms with E-state index < -0.39 is 0 Å². The normalized spacial score (nSPS) is 14.5. The van der Waals surface area contributed by atoms with Gasteiger partial charge in [-0.25, -0.2) is 0 Å². The Labute approximate surface area is 178 Å². The molecule has 0 atom stereocenters. The lowest BCUT2D eigenvalue weighted by Gasteiger charge is -2.21. The number of nitrogens with zero attached hydrogens (tertiary/aromatic N) is 1. The van der Waals surface area contributed by atoms with Crippen LogP contribution in [-0.4, -0.2) is 22.0 Å². The number of hydrogen-bond donors (Lipinski definition) is 1. The first-order valence-electron chi connectivity index (χ1n) is 9.58. The van der Waals surface area contributed by atoms with Gasteiger partial charge in [0.2, 0.25) is 0 Å². The Morgan fingerprint density at radius 1 is 1.00 bits per heavy atom. The van der Waals surface area contributed by atoms with Gasteiger partial charge in [0, 0.05) is 11.9 Å². The van der Waals surface area contributed by atoms with Crippen LogP contribution in [-0.2, 0) is 6.54 Å². The van der Waals surface area contributed by atoms with E-state index in [9.17, 15) is 9.59 Å². The summed E-state index contributed by atoms with van der Waals surface area (Å²) in [5.74, 6) is 1.96. The van der Waals surface area contributed by atoms with Gasteiger partial charge < -0.3 is 9.88 Å². The van der Waals surface area contributed by atoms with Gasteiger partial charge in [0.05, 0.1) is 11.1 Å². The predicted molar refractivity (Wildman–Crippen MR) is 123 cm³/mol. The van der Waals surface area contributed by atoms with Gasteiger partial charge in [-0.3, -0.25) is 9.59 Å². The molecule has 1 amide bonds. The quantitative estimate of drug-likeness (QED) is 0.627. The number of amides is 1. The molecule has 1 saturated heterocycles. The lowest BCUT2D eigenvalue weighted by Crippen LogP contribution is -2.29. The zero-order valence-electron chi connectivity index (χ0n) is 15.9.